The van der Waals surface area contributed by atoms with Gasteiger partial charge in [0.1, 0.15) is 6.26 Å². The van der Waals surface area contributed by atoms with Crippen molar-refractivity contribution in [3.8, 4) is 0 Å². The van der Waals surface area contributed by atoms with Gasteiger partial charge in [0.15, 0.2) is 12.2 Å². The van der Waals surface area contributed by atoms with Crippen LogP contribution in [0.5, 0.6) is 0 Å². The summed E-state index contributed by atoms with van der Waals surface area (Å²) in [5, 5.41) is 5.31. The van der Waals surface area contributed by atoms with Gasteiger partial charge in [0.25, 0.3) is 0 Å². The second kappa shape index (κ2) is 5.07. The summed E-state index contributed by atoms with van der Waals surface area (Å²) in [5.74, 6) is 0. The van der Waals surface area contributed by atoms with Crippen molar-refractivity contribution in [2.45, 2.75) is 0 Å². The van der Waals surface area contributed by atoms with Gasteiger partial charge in [-0.1, -0.05) is 4.49 Å². The summed E-state index contributed by atoms with van der Waals surface area (Å²) in [6.07, 6.45) is 4.97. The van der Waals surface area contributed by atoms with E-state index in [2.05, 4.69) is 18.5 Å². The van der Waals surface area contributed by atoms with Gasteiger partial charge >= 0.3 is 0 Å². The van der Waals surface area contributed by atoms with E-state index in [4.69, 9.17) is 0 Å². The summed E-state index contributed by atoms with van der Waals surface area (Å²) in [6.45, 7) is 0. The van der Waals surface area contributed by atoms with E-state index in [0.29, 0.717) is 0 Å². The Morgan fingerprint density at radius 1 is 1.50 bits per heavy atom. The summed E-state index contributed by atoms with van der Waals surface area (Å²) in [7, 11) is 0. The molecular weight excluding hydrogens is 170 g/mol. The molecule has 1 aliphatic rings. The molecule has 1 aromatic heterocycles. The van der Waals surface area contributed by atoms with Crippen molar-refractivity contribution in [2.24, 2.45) is 0 Å². The Balaban J connectivity index is 0.0000001000. The van der Waals surface area contributed by atoms with Crippen molar-refractivity contribution in [3.05, 3.63) is 24.0 Å². The average molecular weight is 175 g/mol. The zero-order chi connectivity index (χ0) is 7.07. The molecule has 0 fully saturated rings. The first kappa shape index (κ1) is 7.36. The molecule has 0 saturated carbocycles. The maximum Gasteiger partial charge on any atom is 0.175 e. The normalized spacial score (nSPS) is 12.8. The highest BCUT2D eigenvalue weighted by molar-refractivity contribution is 7.93. The second-order valence-corrected chi connectivity index (χ2v) is 2.43. The van der Waals surface area contributed by atoms with Crippen LogP contribution in [-0.2, 0) is 4.18 Å². The average Bonchev–Trinajstić information content (AvgIpc) is 2.67. The van der Waals surface area contributed by atoms with Gasteiger partial charge in [-0.25, -0.2) is 0 Å². The predicted molar refractivity (Wildman–Crippen MR) is 40.9 cm³/mol. The minimum absolute atomic E-state index is 1.21. The Hall–Kier alpha value is -0.750. The quantitative estimate of drug-likeness (QED) is 0.474. The Morgan fingerprint density at radius 2 is 2.50 bits per heavy atom. The smallest absolute Gasteiger partial charge is 0.175 e. The van der Waals surface area contributed by atoms with Crippen LogP contribution in [0.1, 0.15) is 0 Å². The van der Waals surface area contributed by atoms with Crippen LogP contribution in [0.4, 0.5) is 0 Å². The van der Waals surface area contributed by atoms with Gasteiger partial charge in [0.2, 0.25) is 0 Å². The molecule has 10 heavy (non-hydrogen) atoms. The molecule has 0 aromatic carbocycles. The molecule has 6 heteroatoms. The van der Waals surface area contributed by atoms with E-state index < -0.39 is 0 Å². The summed E-state index contributed by atoms with van der Waals surface area (Å²) in [5.41, 5.74) is 0. The van der Waals surface area contributed by atoms with E-state index in [1.54, 1.807) is 18.7 Å². The third-order valence-corrected chi connectivity index (χ3v) is 1.44. The zero-order valence-corrected chi connectivity index (χ0v) is 6.56. The molecule has 0 bridgehead atoms. The first-order valence-corrected chi connectivity index (χ1v) is 4.02. The third-order valence-electron chi connectivity index (χ3n) is 0.571. The zero-order valence-electron chi connectivity index (χ0n) is 4.93. The lowest BCUT2D eigenvalue weighted by Crippen LogP contribution is -1.77. The summed E-state index contributed by atoms with van der Waals surface area (Å²) < 4.78 is 10.8. The molecule has 0 aliphatic carbocycles. The Bertz CT molecular complexity index is 153. The van der Waals surface area contributed by atoms with Crippen LogP contribution >= 0.6 is 23.8 Å². The molecule has 4 nitrogen and oxygen atoms in total. The first-order valence-electron chi connectivity index (χ1n) is 2.44. The molecule has 1 N–H and O–H groups in total. The Kier molecular flexibility index (Phi) is 3.73. The predicted octanol–water partition coefficient (Wildman–Crippen LogP) is 1.18. The Morgan fingerprint density at radius 3 is 2.70 bits per heavy atom. The molecule has 1 aliphatic heterocycles. The van der Waals surface area contributed by atoms with Crippen LogP contribution < -0.4 is 4.72 Å². The van der Waals surface area contributed by atoms with Crippen LogP contribution in [0.25, 0.3) is 0 Å². The van der Waals surface area contributed by atoms with Gasteiger partial charge in [-0.15, -0.1) is 5.10 Å². The van der Waals surface area contributed by atoms with E-state index in [-0.39, 0.29) is 0 Å². The minimum Gasteiger partial charge on any atom is -0.412 e. The van der Waals surface area contributed by atoms with Gasteiger partial charge in [-0.05, 0) is 11.5 Å². The molecule has 0 spiro atoms. The fourth-order valence-electron chi connectivity index (χ4n) is 0.275. The first-order chi connectivity index (χ1) is 5.00. The lowest BCUT2D eigenvalue weighted by Gasteiger charge is -1.77. The fraction of sp³-hybridized carbons (Fsp3) is 0. The van der Waals surface area contributed by atoms with Crippen molar-refractivity contribution in [1.82, 2.24) is 14.3 Å². The van der Waals surface area contributed by atoms with Crippen molar-refractivity contribution in [2.75, 3.05) is 0 Å². The molecule has 0 saturated heterocycles. The van der Waals surface area contributed by atoms with E-state index in [9.17, 15) is 0 Å². The van der Waals surface area contributed by atoms with E-state index in [1.165, 1.54) is 23.8 Å². The van der Waals surface area contributed by atoms with Crippen LogP contribution in [0.2, 0.25) is 0 Å². The van der Waals surface area contributed by atoms with E-state index in [1.807, 2.05) is 5.38 Å². The number of aromatic nitrogens is 2. The fourth-order valence-corrected chi connectivity index (χ4v) is 0.825. The van der Waals surface area contributed by atoms with Crippen molar-refractivity contribution in [3.63, 3.8) is 0 Å². The number of rotatable bonds is 0. The highest BCUT2D eigenvalue weighted by Crippen LogP contribution is 2.01. The molecule has 0 atom stereocenters. The standard InChI is InChI=1S/C2H2N2S.C2H3NOS/c1-2-5-4-3-1;1-2-4-5-3-1/h1-2H;1-3H. The van der Waals surface area contributed by atoms with Gasteiger partial charge in [0.05, 0.1) is 6.20 Å². The van der Waals surface area contributed by atoms with Gasteiger partial charge < -0.3 is 8.91 Å². The number of nitrogens with one attached hydrogen (secondary N) is 1. The summed E-state index contributed by atoms with van der Waals surface area (Å²) >= 11 is 2.56. The van der Waals surface area contributed by atoms with Crippen molar-refractivity contribution in [1.29, 1.82) is 0 Å². The number of nitrogens with zero attached hydrogens (tertiary/aromatic N) is 2. The van der Waals surface area contributed by atoms with E-state index in [0.717, 1.165) is 0 Å². The molecule has 1 aromatic rings. The van der Waals surface area contributed by atoms with Crippen molar-refractivity contribution >= 4 is 23.8 Å². The van der Waals surface area contributed by atoms with E-state index >= 15 is 0 Å². The molecule has 0 unspecified atom stereocenters. The Labute approximate surface area is 66.8 Å². The highest BCUT2D eigenvalue weighted by atomic mass is 32.2. The van der Waals surface area contributed by atoms with Gasteiger partial charge in [-0.2, -0.15) is 0 Å². The van der Waals surface area contributed by atoms with Crippen LogP contribution in [-0.4, -0.2) is 9.59 Å². The monoisotopic (exact) mass is 175 g/mol. The lowest BCUT2D eigenvalue weighted by atomic mass is 11.0. The third kappa shape index (κ3) is 3.31. The summed E-state index contributed by atoms with van der Waals surface area (Å²) in [4.78, 5) is 0. The molecular formula is C4H5N3OS2. The highest BCUT2D eigenvalue weighted by Gasteiger charge is 1.83. The van der Waals surface area contributed by atoms with Crippen LogP contribution in [0.15, 0.2) is 24.0 Å². The molecule has 0 radical (unpaired) electrons. The lowest BCUT2D eigenvalue weighted by molar-refractivity contribution is 0.578. The van der Waals surface area contributed by atoms with Crippen LogP contribution in [0.3, 0.4) is 0 Å². The second-order valence-electron chi connectivity index (χ2n) is 1.19. The maximum absolute atomic E-state index is 4.57. The molecule has 54 valence electrons. The largest absolute Gasteiger partial charge is 0.412 e. The minimum atomic E-state index is 1.21. The van der Waals surface area contributed by atoms with Gasteiger partial charge in [-0.3, -0.25) is 0 Å². The number of hydrogen-bond donors (Lipinski definition) is 1. The van der Waals surface area contributed by atoms with Gasteiger partial charge in [0, 0.05) is 11.6 Å². The molecule has 2 rings (SSSR count). The molecule has 2 heterocycles. The van der Waals surface area contributed by atoms with Crippen molar-refractivity contribution < 1.29 is 4.18 Å². The topological polar surface area (TPSA) is 47.0 Å². The molecule has 0 amide bonds. The SMILES string of the molecule is C1=COSN1.c1csnn1. The maximum atomic E-state index is 4.57. The number of hydrogen-bond acceptors (Lipinski definition) is 6. The summed E-state index contributed by atoms with van der Waals surface area (Å²) in [6, 6.07) is 0. The van der Waals surface area contributed by atoms with Crippen LogP contribution in [0, 0.1) is 0 Å².